The first-order valence-electron chi connectivity index (χ1n) is 8.33. The molecule has 25 heavy (non-hydrogen) atoms. The van der Waals surface area contributed by atoms with Gasteiger partial charge in [0.25, 0.3) is 0 Å². The lowest BCUT2D eigenvalue weighted by Gasteiger charge is -2.18. The number of nitrogens with one attached hydrogen (secondary N) is 2. The maximum Gasteiger partial charge on any atom is 0.313 e. The van der Waals surface area contributed by atoms with Gasteiger partial charge in [0.05, 0.1) is 7.11 Å². The molecule has 0 heterocycles. The molecule has 2 N–H and O–H groups in total. The van der Waals surface area contributed by atoms with E-state index in [9.17, 15) is 9.59 Å². The Morgan fingerprint density at radius 2 is 1.84 bits per heavy atom. The highest BCUT2D eigenvalue weighted by Crippen LogP contribution is 2.48. The summed E-state index contributed by atoms with van der Waals surface area (Å²) in [5.41, 5.74) is 2.97. The van der Waals surface area contributed by atoms with Crippen LogP contribution in [0.25, 0.3) is 0 Å². The molecule has 5 heteroatoms. The average Bonchev–Trinajstić information content (AvgIpc) is 3.41. The maximum atomic E-state index is 12.1. The zero-order valence-electron chi connectivity index (χ0n) is 14.5. The molecule has 5 nitrogen and oxygen atoms in total. The van der Waals surface area contributed by atoms with Crippen molar-refractivity contribution < 1.29 is 14.3 Å². The molecule has 0 spiro atoms. The van der Waals surface area contributed by atoms with Crippen molar-refractivity contribution in [2.45, 2.75) is 25.2 Å². The van der Waals surface area contributed by atoms with Gasteiger partial charge in [0, 0.05) is 23.7 Å². The highest BCUT2D eigenvalue weighted by molar-refractivity contribution is 6.39. The van der Waals surface area contributed by atoms with E-state index in [1.807, 2.05) is 12.1 Å². The van der Waals surface area contributed by atoms with Crippen molar-refractivity contribution in [3.05, 3.63) is 59.7 Å². The summed E-state index contributed by atoms with van der Waals surface area (Å²) >= 11 is 0. The lowest BCUT2D eigenvalue weighted by molar-refractivity contribution is -0.136. The van der Waals surface area contributed by atoms with Crippen LogP contribution >= 0.6 is 0 Å². The van der Waals surface area contributed by atoms with E-state index in [0.29, 0.717) is 18.0 Å². The van der Waals surface area contributed by atoms with Gasteiger partial charge in [-0.1, -0.05) is 30.3 Å². The molecule has 0 unspecified atom stereocenters. The molecule has 0 atom stereocenters. The molecule has 2 aromatic rings. The Labute approximate surface area is 147 Å². The van der Waals surface area contributed by atoms with Crippen LogP contribution < -0.4 is 15.4 Å². The van der Waals surface area contributed by atoms with E-state index in [-0.39, 0.29) is 5.41 Å². The van der Waals surface area contributed by atoms with Crippen molar-refractivity contribution in [2.24, 2.45) is 0 Å². The second-order valence-electron chi connectivity index (χ2n) is 6.46. The predicted octanol–water partition coefficient (Wildman–Crippen LogP) is 2.79. The number of ether oxygens (including phenoxy) is 1. The van der Waals surface area contributed by atoms with Crippen LogP contribution in [0.2, 0.25) is 0 Å². The fourth-order valence-corrected chi connectivity index (χ4v) is 3.08. The van der Waals surface area contributed by atoms with E-state index >= 15 is 0 Å². The summed E-state index contributed by atoms with van der Waals surface area (Å²) in [6, 6.07) is 15.1. The van der Waals surface area contributed by atoms with Crippen LogP contribution in [0.15, 0.2) is 48.5 Å². The minimum absolute atomic E-state index is 0.0305. The first-order chi connectivity index (χ1) is 12.0. The normalized spacial score (nSPS) is 14.5. The second-order valence-corrected chi connectivity index (χ2v) is 6.46. The van der Waals surface area contributed by atoms with E-state index < -0.39 is 11.8 Å². The number of benzene rings is 2. The summed E-state index contributed by atoms with van der Waals surface area (Å²) in [6.07, 6.45) is 2.05. The molecule has 1 saturated carbocycles. The van der Waals surface area contributed by atoms with Gasteiger partial charge >= 0.3 is 11.8 Å². The fraction of sp³-hybridized carbons (Fsp3) is 0.300. The zero-order chi connectivity index (χ0) is 17.9. The minimum atomic E-state index is -0.672. The molecular formula is C20H22N2O3. The number of hydrogen-bond donors (Lipinski definition) is 2. The number of carbonyl (C=O) groups is 2. The van der Waals surface area contributed by atoms with Gasteiger partial charge in [-0.05, 0) is 43.0 Å². The fourth-order valence-electron chi connectivity index (χ4n) is 3.08. The molecule has 130 valence electrons. The first kappa shape index (κ1) is 17.0. The Balaban J connectivity index is 1.59. The molecule has 1 fully saturated rings. The van der Waals surface area contributed by atoms with Gasteiger partial charge in [-0.3, -0.25) is 9.59 Å². The van der Waals surface area contributed by atoms with Gasteiger partial charge in [0.15, 0.2) is 0 Å². The lowest BCUT2D eigenvalue weighted by atomic mass is 9.92. The molecule has 0 saturated heterocycles. The standard InChI is InChI=1S/C20H22N2O3/c1-14-6-3-4-9-17(14)20(10-11-20)13-21-18(23)19(24)22-15-7-5-8-16(12-15)25-2/h3-9,12H,10-11,13H2,1-2H3,(H,21,23)(H,22,24). The lowest BCUT2D eigenvalue weighted by Crippen LogP contribution is -2.39. The third-order valence-electron chi connectivity index (χ3n) is 4.69. The molecule has 2 aromatic carbocycles. The van der Waals surface area contributed by atoms with Gasteiger partial charge in [0.1, 0.15) is 5.75 Å². The monoisotopic (exact) mass is 338 g/mol. The summed E-state index contributed by atoms with van der Waals surface area (Å²) in [5.74, 6) is -0.675. The van der Waals surface area contributed by atoms with E-state index in [1.54, 1.807) is 31.4 Å². The number of hydrogen-bond acceptors (Lipinski definition) is 3. The molecule has 0 bridgehead atoms. The Morgan fingerprint density at radius 1 is 1.08 bits per heavy atom. The maximum absolute atomic E-state index is 12.1. The largest absolute Gasteiger partial charge is 0.497 e. The summed E-state index contributed by atoms with van der Waals surface area (Å²) < 4.78 is 5.11. The number of carbonyl (C=O) groups excluding carboxylic acids is 2. The molecule has 0 aromatic heterocycles. The smallest absolute Gasteiger partial charge is 0.313 e. The summed E-state index contributed by atoms with van der Waals surface area (Å²) in [5, 5.41) is 5.37. The summed E-state index contributed by atoms with van der Waals surface area (Å²) in [4.78, 5) is 24.2. The molecule has 1 aliphatic rings. The average molecular weight is 338 g/mol. The van der Waals surface area contributed by atoms with Crippen LogP contribution in [-0.4, -0.2) is 25.5 Å². The Bertz CT molecular complexity index is 797. The molecular weight excluding hydrogens is 316 g/mol. The van der Waals surface area contributed by atoms with E-state index in [0.717, 1.165) is 12.8 Å². The quantitative estimate of drug-likeness (QED) is 0.824. The Hall–Kier alpha value is -2.82. The van der Waals surface area contributed by atoms with Crippen molar-refractivity contribution in [3.63, 3.8) is 0 Å². The van der Waals surface area contributed by atoms with Crippen LogP contribution in [-0.2, 0) is 15.0 Å². The molecule has 3 rings (SSSR count). The van der Waals surface area contributed by atoms with Crippen molar-refractivity contribution in [1.82, 2.24) is 5.32 Å². The number of rotatable bonds is 5. The molecule has 1 aliphatic carbocycles. The van der Waals surface area contributed by atoms with E-state index in [2.05, 4.69) is 29.7 Å². The first-order valence-corrected chi connectivity index (χ1v) is 8.33. The van der Waals surface area contributed by atoms with Crippen molar-refractivity contribution in [1.29, 1.82) is 0 Å². The third-order valence-corrected chi connectivity index (χ3v) is 4.69. The van der Waals surface area contributed by atoms with Crippen LogP contribution in [0.3, 0.4) is 0 Å². The SMILES string of the molecule is COc1cccc(NC(=O)C(=O)NCC2(c3ccccc3C)CC2)c1. The number of aryl methyl sites for hydroxylation is 1. The number of anilines is 1. The highest BCUT2D eigenvalue weighted by atomic mass is 16.5. The summed E-state index contributed by atoms with van der Waals surface area (Å²) in [7, 11) is 1.55. The van der Waals surface area contributed by atoms with Crippen molar-refractivity contribution in [2.75, 3.05) is 19.0 Å². The predicted molar refractivity (Wildman–Crippen MR) is 96.7 cm³/mol. The van der Waals surface area contributed by atoms with Gasteiger partial charge < -0.3 is 15.4 Å². The molecule has 0 aliphatic heterocycles. The van der Waals surface area contributed by atoms with Crippen LogP contribution in [0, 0.1) is 6.92 Å². The van der Waals surface area contributed by atoms with Crippen LogP contribution in [0.1, 0.15) is 24.0 Å². The van der Waals surface area contributed by atoms with E-state index in [4.69, 9.17) is 4.74 Å². The minimum Gasteiger partial charge on any atom is -0.497 e. The van der Waals surface area contributed by atoms with Crippen LogP contribution in [0.4, 0.5) is 5.69 Å². The zero-order valence-corrected chi connectivity index (χ0v) is 14.5. The van der Waals surface area contributed by atoms with Crippen molar-refractivity contribution >= 4 is 17.5 Å². The Morgan fingerprint density at radius 3 is 2.52 bits per heavy atom. The van der Waals surface area contributed by atoms with Gasteiger partial charge in [-0.25, -0.2) is 0 Å². The van der Waals surface area contributed by atoms with Crippen molar-refractivity contribution in [3.8, 4) is 5.75 Å². The van der Waals surface area contributed by atoms with Gasteiger partial charge in [-0.15, -0.1) is 0 Å². The molecule has 0 radical (unpaired) electrons. The number of amides is 2. The van der Waals surface area contributed by atoms with Gasteiger partial charge in [-0.2, -0.15) is 0 Å². The Kier molecular flexibility index (Phi) is 4.74. The number of methoxy groups -OCH3 is 1. The van der Waals surface area contributed by atoms with Gasteiger partial charge in [0.2, 0.25) is 0 Å². The third kappa shape index (κ3) is 3.82. The summed E-state index contributed by atoms with van der Waals surface area (Å²) in [6.45, 7) is 2.55. The molecule has 2 amide bonds. The topological polar surface area (TPSA) is 67.4 Å². The second kappa shape index (κ2) is 6.97. The van der Waals surface area contributed by atoms with Crippen LogP contribution in [0.5, 0.6) is 5.75 Å². The van der Waals surface area contributed by atoms with E-state index in [1.165, 1.54) is 11.1 Å². The highest BCUT2D eigenvalue weighted by Gasteiger charge is 2.45.